The Bertz CT molecular complexity index is 353. The molecule has 0 radical (unpaired) electrons. The average Bonchev–Trinajstić information content (AvgIpc) is 2.82. The van der Waals surface area contributed by atoms with Crippen LogP contribution in [0.15, 0.2) is 24.1 Å². The van der Waals surface area contributed by atoms with Gasteiger partial charge in [0.15, 0.2) is 0 Å². The summed E-state index contributed by atoms with van der Waals surface area (Å²) in [6.45, 7) is 7.19. The summed E-state index contributed by atoms with van der Waals surface area (Å²) in [5, 5.41) is 5.19. The minimum absolute atomic E-state index is 0.0685. The van der Waals surface area contributed by atoms with Crippen LogP contribution in [-0.4, -0.2) is 37.0 Å². The Hall–Kier alpha value is -1.13. The van der Waals surface area contributed by atoms with E-state index in [1.165, 1.54) is 0 Å². The van der Waals surface area contributed by atoms with E-state index in [0.29, 0.717) is 5.57 Å². The lowest BCUT2D eigenvalue weighted by molar-refractivity contribution is -0.125. The Morgan fingerprint density at radius 1 is 1.47 bits per heavy atom. The number of hydrogen-bond acceptors (Lipinski definition) is 3. The van der Waals surface area contributed by atoms with Crippen molar-refractivity contribution in [1.29, 1.82) is 0 Å². The van der Waals surface area contributed by atoms with Crippen LogP contribution in [0, 0.1) is 0 Å². The molecule has 0 saturated carbocycles. The molecule has 0 bridgehead atoms. The van der Waals surface area contributed by atoms with Gasteiger partial charge in [0.1, 0.15) is 0 Å². The van der Waals surface area contributed by atoms with Crippen LogP contribution in [-0.2, 0) is 4.79 Å². The molecular weight excluding hydrogens is 208 g/mol. The van der Waals surface area contributed by atoms with Gasteiger partial charge in [-0.05, 0) is 11.4 Å². The summed E-state index contributed by atoms with van der Waals surface area (Å²) in [7, 11) is 0. The number of rotatable bonds is 2. The molecule has 2 heterocycles. The third kappa shape index (κ3) is 2.27. The molecule has 1 aliphatic heterocycles. The van der Waals surface area contributed by atoms with Gasteiger partial charge < -0.3 is 10.2 Å². The largest absolute Gasteiger partial charge is 0.336 e. The zero-order chi connectivity index (χ0) is 10.7. The van der Waals surface area contributed by atoms with Gasteiger partial charge in [-0.15, -0.1) is 11.3 Å². The summed E-state index contributed by atoms with van der Waals surface area (Å²) in [5.74, 6) is 0.0685. The van der Waals surface area contributed by atoms with Crippen molar-refractivity contribution in [3.05, 3.63) is 29.0 Å². The van der Waals surface area contributed by atoms with E-state index < -0.39 is 0 Å². The number of amides is 1. The fourth-order valence-electron chi connectivity index (χ4n) is 1.61. The van der Waals surface area contributed by atoms with Gasteiger partial charge >= 0.3 is 0 Å². The van der Waals surface area contributed by atoms with Crippen LogP contribution in [0.4, 0.5) is 0 Å². The first-order valence-electron chi connectivity index (χ1n) is 5.02. The number of carbonyl (C=O) groups excluding carboxylic acids is 1. The minimum atomic E-state index is 0.0685. The minimum Gasteiger partial charge on any atom is -0.336 e. The zero-order valence-electron chi connectivity index (χ0n) is 8.53. The zero-order valence-corrected chi connectivity index (χ0v) is 9.35. The van der Waals surface area contributed by atoms with E-state index >= 15 is 0 Å². The van der Waals surface area contributed by atoms with Gasteiger partial charge in [0.2, 0.25) is 0 Å². The lowest BCUT2D eigenvalue weighted by atomic mass is 10.2. The predicted molar refractivity (Wildman–Crippen MR) is 62.8 cm³/mol. The van der Waals surface area contributed by atoms with Gasteiger partial charge in [-0.2, -0.15) is 0 Å². The van der Waals surface area contributed by atoms with E-state index in [2.05, 4.69) is 11.9 Å². The lowest BCUT2D eigenvalue weighted by Crippen LogP contribution is -2.46. The number of hydrogen-bond donors (Lipinski definition) is 1. The average molecular weight is 222 g/mol. The molecule has 1 aromatic rings. The van der Waals surface area contributed by atoms with E-state index in [1.807, 2.05) is 22.4 Å². The second-order valence-corrected chi connectivity index (χ2v) is 4.45. The Labute approximate surface area is 93.4 Å². The van der Waals surface area contributed by atoms with E-state index in [9.17, 15) is 4.79 Å². The van der Waals surface area contributed by atoms with Crippen molar-refractivity contribution in [3.8, 4) is 0 Å². The normalized spacial score (nSPS) is 16.4. The number of piperazine rings is 1. The smallest absolute Gasteiger partial charge is 0.254 e. The first-order valence-corrected chi connectivity index (χ1v) is 5.90. The molecule has 0 aromatic carbocycles. The Balaban J connectivity index is 2.04. The molecule has 3 nitrogen and oxygen atoms in total. The summed E-state index contributed by atoms with van der Waals surface area (Å²) in [6, 6.07) is 3.88. The van der Waals surface area contributed by atoms with E-state index in [0.717, 1.165) is 31.1 Å². The van der Waals surface area contributed by atoms with Crippen LogP contribution >= 0.6 is 11.3 Å². The molecule has 1 aliphatic rings. The molecule has 0 atom stereocenters. The highest BCUT2D eigenvalue weighted by Gasteiger charge is 2.19. The van der Waals surface area contributed by atoms with E-state index in [4.69, 9.17) is 0 Å². The molecule has 80 valence electrons. The summed E-state index contributed by atoms with van der Waals surface area (Å²) >= 11 is 1.56. The molecule has 4 heteroatoms. The Morgan fingerprint density at radius 2 is 2.20 bits per heavy atom. The molecule has 0 spiro atoms. The van der Waals surface area contributed by atoms with Gasteiger partial charge in [-0.1, -0.05) is 12.6 Å². The van der Waals surface area contributed by atoms with Gasteiger partial charge in [0.25, 0.3) is 5.91 Å². The van der Waals surface area contributed by atoms with E-state index in [1.54, 1.807) is 11.3 Å². The maximum Gasteiger partial charge on any atom is 0.254 e. The number of carbonyl (C=O) groups is 1. The molecule has 1 N–H and O–H groups in total. The van der Waals surface area contributed by atoms with Crippen molar-refractivity contribution in [2.75, 3.05) is 26.2 Å². The first kappa shape index (κ1) is 10.4. The molecule has 1 fully saturated rings. The summed E-state index contributed by atoms with van der Waals surface area (Å²) in [5.41, 5.74) is 0.618. The third-order valence-electron chi connectivity index (χ3n) is 2.48. The summed E-state index contributed by atoms with van der Waals surface area (Å²) in [6.07, 6.45) is 0. The highest BCUT2D eigenvalue weighted by atomic mass is 32.1. The summed E-state index contributed by atoms with van der Waals surface area (Å²) < 4.78 is 0. The maximum absolute atomic E-state index is 12.0. The molecule has 1 aromatic heterocycles. The first-order chi connectivity index (χ1) is 7.29. The lowest BCUT2D eigenvalue weighted by Gasteiger charge is -2.27. The Morgan fingerprint density at radius 3 is 2.80 bits per heavy atom. The highest BCUT2D eigenvalue weighted by Crippen LogP contribution is 2.20. The quantitative estimate of drug-likeness (QED) is 0.762. The molecule has 15 heavy (non-hydrogen) atoms. The van der Waals surface area contributed by atoms with Gasteiger partial charge in [0.05, 0.1) is 0 Å². The fourth-order valence-corrected chi connectivity index (χ4v) is 2.30. The molecular formula is C11H14N2OS. The topological polar surface area (TPSA) is 32.3 Å². The van der Waals surface area contributed by atoms with Gasteiger partial charge in [-0.3, -0.25) is 4.79 Å². The van der Waals surface area contributed by atoms with Crippen LogP contribution in [0.25, 0.3) is 5.57 Å². The highest BCUT2D eigenvalue weighted by molar-refractivity contribution is 7.11. The van der Waals surface area contributed by atoms with Crippen LogP contribution in [0.2, 0.25) is 0 Å². The number of nitrogens with one attached hydrogen (secondary N) is 1. The van der Waals surface area contributed by atoms with Gasteiger partial charge in [0, 0.05) is 36.6 Å². The van der Waals surface area contributed by atoms with Crippen molar-refractivity contribution in [2.24, 2.45) is 0 Å². The SMILES string of the molecule is C=C(C(=O)N1CCNCC1)c1cccs1. The molecule has 2 rings (SSSR count). The third-order valence-corrected chi connectivity index (χ3v) is 3.41. The second kappa shape index (κ2) is 4.59. The second-order valence-electron chi connectivity index (χ2n) is 3.50. The van der Waals surface area contributed by atoms with Crippen molar-refractivity contribution in [2.45, 2.75) is 0 Å². The van der Waals surface area contributed by atoms with Crippen molar-refractivity contribution in [3.63, 3.8) is 0 Å². The maximum atomic E-state index is 12.0. The molecule has 0 unspecified atom stereocenters. The van der Waals surface area contributed by atoms with Gasteiger partial charge in [-0.25, -0.2) is 0 Å². The van der Waals surface area contributed by atoms with Crippen LogP contribution in [0.5, 0.6) is 0 Å². The van der Waals surface area contributed by atoms with Crippen LogP contribution in [0.3, 0.4) is 0 Å². The fraction of sp³-hybridized carbons (Fsp3) is 0.364. The van der Waals surface area contributed by atoms with Crippen molar-refractivity contribution < 1.29 is 4.79 Å². The standard InChI is InChI=1S/C11H14N2OS/c1-9(10-3-2-8-15-10)11(14)13-6-4-12-5-7-13/h2-3,8,12H,1,4-7H2. The number of nitrogens with zero attached hydrogens (tertiary/aromatic N) is 1. The van der Waals surface area contributed by atoms with Crippen LogP contribution in [0.1, 0.15) is 4.88 Å². The monoisotopic (exact) mass is 222 g/mol. The predicted octanol–water partition coefficient (Wildman–Crippen LogP) is 1.19. The summed E-state index contributed by atoms with van der Waals surface area (Å²) in [4.78, 5) is 14.8. The molecule has 0 aliphatic carbocycles. The Kier molecular flexibility index (Phi) is 3.18. The molecule has 1 saturated heterocycles. The number of thiophene rings is 1. The van der Waals surface area contributed by atoms with Crippen molar-refractivity contribution in [1.82, 2.24) is 10.2 Å². The van der Waals surface area contributed by atoms with E-state index in [-0.39, 0.29) is 5.91 Å². The molecule has 1 amide bonds. The van der Waals surface area contributed by atoms with Crippen molar-refractivity contribution >= 4 is 22.8 Å². The van der Waals surface area contributed by atoms with Crippen LogP contribution < -0.4 is 5.32 Å².